The molecule has 5 rings (SSSR count). The summed E-state index contributed by atoms with van der Waals surface area (Å²) in [5.74, 6) is 0.757. The Bertz CT molecular complexity index is 1060. The maximum Gasteiger partial charge on any atom is 0.254 e. The Morgan fingerprint density at radius 3 is 2.67 bits per heavy atom. The van der Waals surface area contributed by atoms with Crippen LogP contribution in [0.5, 0.6) is 0 Å². The summed E-state index contributed by atoms with van der Waals surface area (Å²) in [6.45, 7) is 2.93. The van der Waals surface area contributed by atoms with Crippen LogP contribution in [0.3, 0.4) is 0 Å². The van der Waals surface area contributed by atoms with E-state index >= 15 is 0 Å². The van der Waals surface area contributed by atoms with Gasteiger partial charge in [0.05, 0.1) is 10.6 Å². The van der Waals surface area contributed by atoms with Crippen molar-refractivity contribution < 1.29 is 4.79 Å². The lowest BCUT2D eigenvalue weighted by molar-refractivity contribution is 0.0678. The van der Waals surface area contributed by atoms with Crippen LogP contribution in [0.15, 0.2) is 47.1 Å². The molecule has 0 spiro atoms. The predicted molar refractivity (Wildman–Crippen MR) is 112 cm³/mol. The van der Waals surface area contributed by atoms with Gasteiger partial charge < -0.3 is 9.47 Å². The van der Waals surface area contributed by atoms with E-state index in [4.69, 9.17) is 0 Å². The summed E-state index contributed by atoms with van der Waals surface area (Å²) >= 11 is 3.65. The van der Waals surface area contributed by atoms with Crippen LogP contribution in [0.2, 0.25) is 0 Å². The highest BCUT2D eigenvalue weighted by Crippen LogP contribution is 2.45. The fourth-order valence-electron chi connectivity index (χ4n) is 4.50. The second-order valence-electron chi connectivity index (χ2n) is 7.92. The fourth-order valence-corrected chi connectivity index (χ4v) is 4.92. The maximum absolute atomic E-state index is 13.5. The van der Waals surface area contributed by atoms with Gasteiger partial charge in [0.25, 0.3) is 5.91 Å². The lowest BCUT2D eigenvalue weighted by Gasteiger charge is -2.35. The summed E-state index contributed by atoms with van der Waals surface area (Å²) in [6, 6.07) is 15.0. The van der Waals surface area contributed by atoms with E-state index in [-0.39, 0.29) is 11.9 Å². The number of rotatable bonds is 2. The van der Waals surface area contributed by atoms with E-state index in [1.807, 2.05) is 4.90 Å². The maximum atomic E-state index is 13.5. The number of aryl methyl sites for hydroxylation is 1. The van der Waals surface area contributed by atoms with Crippen molar-refractivity contribution in [3.05, 3.63) is 69.3 Å². The van der Waals surface area contributed by atoms with Crippen LogP contribution in [0.25, 0.3) is 10.9 Å². The fraction of sp³-hybridized carbons (Fsp3) is 0.348. The van der Waals surface area contributed by atoms with Gasteiger partial charge in [-0.15, -0.1) is 0 Å². The van der Waals surface area contributed by atoms with Crippen molar-refractivity contribution in [2.45, 2.75) is 38.1 Å². The summed E-state index contributed by atoms with van der Waals surface area (Å²) in [5.41, 5.74) is 5.95. The molecule has 1 amide bonds. The van der Waals surface area contributed by atoms with Crippen molar-refractivity contribution in [1.82, 2.24) is 9.47 Å². The van der Waals surface area contributed by atoms with E-state index in [1.165, 1.54) is 34.9 Å². The summed E-state index contributed by atoms with van der Waals surface area (Å²) in [7, 11) is 2.05. The van der Waals surface area contributed by atoms with E-state index in [1.54, 1.807) is 0 Å². The molecule has 1 aliphatic heterocycles. The highest BCUT2D eigenvalue weighted by molar-refractivity contribution is 9.10. The molecule has 3 aromatic rings. The third-order valence-corrected chi connectivity index (χ3v) is 7.02. The van der Waals surface area contributed by atoms with Crippen LogP contribution in [-0.2, 0) is 13.5 Å². The molecule has 0 radical (unpaired) electrons. The SMILES string of the molecule is C[C@@H]1c2ccccc2CCN1C(=O)c1cc(C2CC2)c2cc(Br)n(C)c2c1. The molecule has 0 bridgehead atoms. The van der Waals surface area contributed by atoms with Gasteiger partial charge in [-0.25, -0.2) is 0 Å². The van der Waals surface area contributed by atoms with Crippen molar-refractivity contribution in [2.24, 2.45) is 7.05 Å². The number of fused-ring (bicyclic) bond motifs is 2. The molecule has 4 heteroatoms. The highest BCUT2D eigenvalue weighted by Gasteiger charge is 2.31. The lowest BCUT2D eigenvalue weighted by atomic mass is 9.92. The first-order chi connectivity index (χ1) is 13.0. The number of halogens is 1. The number of hydrogen-bond acceptors (Lipinski definition) is 1. The zero-order valence-electron chi connectivity index (χ0n) is 15.7. The molecule has 1 aromatic heterocycles. The minimum atomic E-state index is 0.114. The van der Waals surface area contributed by atoms with Gasteiger partial charge in [-0.3, -0.25) is 4.79 Å². The van der Waals surface area contributed by atoms with Gasteiger partial charge in [0.1, 0.15) is 0 Å². The Labute approximate surface area is 168 Å². The minimum Gasteiger partial charge on any atom is -0.338 e. The Kier molecular flexibility index (Phi) is 3.94. The van der Waals surface area contributed by atoms with Gasteiger partial charge in [0, 0.05) is 30.1 Å². The molecule has 138 valence electrons. The highest BCUT2D eigenvalue weighted by atomic mass is 79.9. The van der Waals surface area contributed by atoms with Crippen molar-refractivity contribution in [1.29, 1.82) is 0 Å². The smallest absolute Gasteiger partial charge is 0.254 e. The van der Waals surface area contributed by atoms with Crippen LogP contribution in [0, 0.1) is 0 Å². The molecular weight excluding hydrogens is 400 g/mol. The molecule has 1 atom stereocenters. The first kappa shape index (κ1) is 17.1. The van der Waals surface area contributed by atoms with Crippen LogP contribution in [-0.4, -0.2) is 21.9 Å². The zero-order valence-corrected chi connectivity index (χ0v) is 17.3. The van der Waals surface area contributed by atoms with Crippen molar-refractivity contribution in [2.75, 3.05) is 6.54 Å². The Morgan fingerprint density at radius 1 is 1.11 bits per heavy atom. The average Bonchev–Trinajstić information content (AvgIpc) is 3.48. The summed E-state index contributed by atoms with van der Waals surface area (Å²) in [4.78, 5) is 15.5. The minimum absolute atomic E-state index is 0.114. The third-order valence-electron chi connectivity index (χ3n) is 6.26. The third kappa shape index (κ3) is 2.73. The van der Waals surface area contributed by atoms with Gasteiger partial charge in [-0.2, -0.15) is 0 Å². The second-order valence-corrected chi connectivity index (χ2v) is 8.73. The number of aromatic nitrogens is 1. The Morgan fingerprint density at radius 2 is 1.89 bits per heavy atom. The molecule has 2 aromatic carbocycles. The monoisotopic (exact) mass is 422 g/mol. The van der Waals surface area contributed by atoms with E-state index < -0.39 is 0 Å². The first-order valence-corrected chi connectivity index (χ1v) is 10.5. The van der Waals surface area contributed by atoms with Gasteiger partial charge in [-0.1, -0.05) is 24.3 Å². The van der Waals surface area contributed by atoms with Crippen LogP contribution >= 0.6 is 15.9 Å². The molecule has 0 N–H and O–H groups in total. The molecule has 1 saturated carbocycles. The normalized spacial score (nSPS) is 19.4. The van der Waals surface area contributed by atoms with Crippen LogP contribution < -0.4 is 0 Å². The van der Waals surface area contributed by atoms with E-state index in [2.05, 4.69) is 76.9 Å². The van der Waals surface area contributed by atoms with E-state index in [0.29, 0.717) is 5.92 Å². The Balaban J connectivity index is 1.57. The largest absolute Gasteiger partial charge is 0.338 e. The first-order valence-electron chi connectivity index (χ1n) is 9.72. The van der Waals surface area contributed by atoms with Crippen LogP contribution in [0.1, 0.15) is 58.8 Å². The quantitative estimate of drug-likeness (QED) is 0.529. The molecule has 1 aliphatic carbocycles. The van der Waals surface area contributed by atoms with Crippen molar-refractivity contribution in [3.63, 3.8) is 0 Å². The summed E-state index contributed by atoms with van der Waals surface area (Å²) in [5, 5.41) is 1.28. The molecule has 1 fully saturated rings. The van der Waals surface area contributed by atoms with E-state index in [9.17, 15) is 4.79 Å². The standard InChI is InChI=1S/C23H23BrN2O/c1-14-18-6-4-3-5-15(18)9-10-26(14)23(27)17-11-19(16-7-8-16)20-13-22(24)25(2)21(20)12-17/h3-6,11-14,16H,7-10H2,1-2H3/t14-/m1/s1. The second kappa shape index (κ2) is 6.23. The van der Waals surface area contributed by atoms with Gasteiger partial charge in [-0.05, 0) is 82.9 Å². The number of nitrogens with zero attached hydrogens (tertiary/aromatic N) is 2. The number of carbonyl (C=O) groups is 1. The molecule has 2 aliphatic rings. The number of benzene rings is 2. The predicted octanol–water partition coefficient (Wildman–Crippen LogP) is 5.58. The molecule has 0 saturated heterocycles. The average molecular weight is 423 g/mol. The van der Waals surface area contributed by atoms with Crippen LogP contribution in [0.4, 0.5) is 0 Å². The topological polar surface area (TPSA) is 25.2 Å². The van der Waals surface area contributed by atoms with Gasteiger partial charge >= 0.3 is 0 Å². The summed E-state index contributed by atoms with van der Waals surface area (Å²) in [6.07, 6.45) is 3.39. The lowest BCUT2D eigenvalue weighted by Crippen LogP contribution is -2.38. The number of hydrogen-bond donors (Lipinski definition) is 0. The van der Waals surface area contributed by atoms with Crippen molar-refractivity contribution in [3.8, 4) is 0 Å². The zero-order chi connectivity index (χ0) is 18.7. The molecule has 2 heterocycles. The Hall–Kier alpha value is -2.07. The van der Waals surface area contributed by atoms with Crippen molar-refractivity contribution >= 4 is 32.7 Å². The summed E-state index contributed by atoms with van der Waals surface area (Å²) < 4.78 is 3.19. The van der Waals surface area contributed by atoms with E-state index in [0.717, 1.165) is 28.6 Å². The van der Waals surface area contributed by atoms with Gasteiger partial charge in [0.2, 0.25) is 0 Å². The number of carbonyl (C=O) groups excluding carboxylic acids is 1. The van der Waals surface area contributed by atoms with Gasteiger partial charge in [0.15, 0.2) is 0 Å². The molecule has 0 unspecified atom stereocenters. The number of amides is 1. The molecular formula is C23H23BrN2O. The molecule has 3 nitrogen and oxygen atoms in total. The molecule has 27 heavy (non-hydrogen) atoms.